The van der Waals surface area contributed by atoms with Crippen LogP contribution in [0.25, 0.3) is 17.2 Å². The molecule has 2 rings (SSSR count). The molecule has 3 heteroatoms. The average molecular weight is 475 g/mol. The van der Waals surface area contributed by atoms with E-state index in [-0.39, 0.29) is 0 Å². The maximum absolute atomic E-state index is 3.81. The van der Waals surface area contributed by atoms with E-state index >= 15 is 0 Å². The van der Waals surface area contributed by atoms with Crippen LogP contribution in [0.4, 0.5) is 5.69 Å². The first-order chi connectivity index (χ1) is 12.4. The van der Waals surface area contributed by atoms with E-state index in [1.54, 1.807) is 6.20 Å². The van der Waals surface area contributed by atoms with Crippen molar-refractivity contribution in [2.24, 2.45) is 0 Å². The van der Waals surface area contributed by atoms with Crippen molar-refractivity contribution in [2.45, 2.75) is 34.1 Å². The second-order valence-electron chi connectivity index (χ2n) is 6.34. The van der Waals surface area contributed by atoms with Crippen LogP contribution in [0.2, 0.25) is 0 Å². The zero-order valence-electron chi connectivity index (χ0n) is 15.8. The van der Waals surface area contributed by atoms with Crippen LogP contribution in [0.1, 0.15) is 49.4 Å². The third-order valence-electron chi connectivity index (χ3n) is 4.35. The molecule has 0 radical (unpaired) electrons. The van der Waals surface area contributed by atoms with E-state index in [0.717, 1.165) is 26.6 Å². The summed E-state index contributed by atoms with van der Waals surface area (Å²) in [6, 6.07) is 10.8. The molecule has 0 saturated heterocycles. The van der Waals surface area contributed by atoms with E-state index in [0.29, 0.717) is 0 Å². The van der Waals surface area contributed by atoms with E-state index in [1.165, 1.54) is 27.8 Å². The van der Waals surface area contributed by atoms with Crippen molar-refractivity contribution >= 4 is 54.8 Å². The monoisotopic (exact) mass is 473 g/mol. The molecular formula is C23H25Br2N. The average Bonchev–Trinajstić information content (AvgIpc) is 2.60. The Hall–Kier alpha value is -1.58. The molecule has 26 heavy (non-hydrogen) atoms. The highest BCUT2D eigenvalue weighted by Gasteiger charge is 2.08. The summed E-state index contributed by atoms with van der Waals surface area (Å²) in [6.45, 7) is 12.4. The van der Waals surface area contributed by atoms with E-state index in [9.17, 15) is 0 Å². The summed E-state index contributed by atoms with van der Waals surface area (Å²) >= 11 is 7.28. The number of hydrogen-bond donors (Lipinski definition) is 1. The Morgan fingerprint density at radius 3 is 2.31 bits per heavy atom. The molecule has 0 unspecified atom stereocenters. The number of allylic oxidation sites excluding steroid dienone is 3. The minimum atomic E-state index is 1.04. The van der Waals surface area contributed by atoms with Gasteiger partial charge in [0, 0.05) is 20.2 Å². The Balaban J connectivity index is 2.54. The fourth-order valence-electron chi connectivity index (χ4n) is 2.85. The molecule has 1 nitrogen and oxygen atoms in total. The van der Waals surface area contributed by atoms with Gasteiger partial charge in [0.1, 0.15) is 0 Å². The fourth-order valence-corrected chi connectivity index (χ4v) is 4.07. The van der Waals surface area contributed by atoms with Crippen LogP contribution in [0.15, 0.2) is 58.1 Å². The molecule has 0 aliphatic rings. The second kappa shape index (κ2) is 9.38. The van der Waals surface area contributed by atoms with Crippen LogP contribution >= 0.6 is 31.9 Å². The normalized spacial score (nSPS) is 12.2. The van der Waals surface area contributed by atoms with Gasteiger partial charge in [0.15, 0.2) is 0 Å². The molecule has 1 N–H and O–H groups in total. The van der Waals surface area contributed by atoms with Gasteiger partial charge in [-0.15, -0.1) is 0 Å². The number of nitrogens with one attached hydrogen (secondary N) is 1. The summed E-state index contributed by atoms with van der Waals surface area (Å²) in [6.07, 6.45) is 7.22. The number of benzene rings is 2. The first kappa shape index (κ1) is 20.7. The topological polar surface area (TPSA) is 12.0 Å². The van der Waals surface area contributed by atoms with Gasteiger partial charge >= 0.3 is 0 Å². The van der Waals surface area contributed by atoms with Crippen LogP contribution in [-0.2, 0) is 0 Å². The third kappa shape index (κ3) is 4.99. The number of halogens is 2. The zero-order valence-corrected chi connectivity index (χ0v) is 19.0. The summed E-state index contributed by atoms with van der Waals surface area (Å²) in [7, 11) is 0. The molecular weight excluding hydrogens is 450 g/mol. The Bertz CT molecular complexity index is 853. The second-order valence-corrected chi connectivity index (χ2v) is 8.05. The van der Waals surface area contributed by atoms with Crippen LogP contribution in [0, 0.1) is 6.92 Å². The smallest absolute Gasteiger partial charge is 0.0456 e. The van der Waals surface area contributed by atoms with Crippen molar-refractivity contribution in [3.05, 3.63) is 80.4 Å². The quantitative estimate of drug-likeness (QED) is 0.414. The highest BCUT2D eigenvalue weighted by atomic mass is 79.9. The Morgan fingerprint density at radius 1 is 1.08 bits per heavy atom. The van der Waals surface area contributed by atoms with Gasteiger partial charge in [0.25, 0.3) is 0 Å². The number of rotatable bonds is 6. The molecule has 0 bridgehead atoms. The molecule has 0 amide bonds. The predicted octanol–water partition coefficient (Wildman–Crippen LogP) is 8.45. The SMILES string of the molecule is C=CNc1ccc(/C(C)=C/CC)cc1/C(C)=C/c1cc(Br)c(C)c(Br)c1. The molecule has 0 aliphatic heterocycles. The fraction of sp³-hybridized carbons (Fsp3) is 0.217. The van der Waals surface area contributed by atoms with Crippen LogP contribution < -0.4 is 5.32 Å². The lowest BCUT2D eigenvalue weighted by atomic mass is 9.96. The Labute approximate surface area is 174 Å². The summed E-state index contributed by atoms with van der Waals surface area (Å²) in [5.41, 5.74) is 8.34. The maximum Gasteiger partial charge on any atom is 0.0456 e. The molecule has 0 saturated carbocycles. The lowest BCUT2D eigenvalue weighted by Gasteiger charge is -2.13. The maximum atomic E-state index is 3.81. The minimum absolute atomic E-state index is 1.04. The van der Waals surface area contributed by atoms with Crippen LogP contribution in [-0.4, -0.2) is 0 Å². The summed E-state index contributed by atoms with van der Waals surface area (Å²) in [5, 5.41) is 3.26. The Morgan fingerprint density at radius 2 is 1.73 bits per heavy atom. The van der Waals surface area contributed by atoms with Crippen molar-refractivity contribution in [3.63, 3.8) is 0 Å². The highest BCUT2D eigenvalue weighted by Crippen LogP contribution is 2.32. The predicted molar refractivity (Wildman–Crippen MR) is 124 cm³/mol. The van der Waals surface area contributed by atoms with Gasteiger partial charge in [-0.25, -0.2) is 0 Å². The highest BCUT2D eigenvalue weighted by molar-refractivity contribution is 9.11. The van der Waals surface area contributed by atoms with Gasteiger partial charge in [-0.2, -0.15) is 0 Å². The van der Waals surface area contributed by atoms with Crippen LogP contribution in [0.5, 0.6) is 0 Å². The largest absolute Gasteiger partial charge is 0.362 e. The van der Waals surface area contributed by atoms with E-state index in [1.807, 2.05) is 0 Å². The molecule has 0 atom stereocenters. The molecule has 136 valence electrons. The first-order valence-corrected chi connectivity index (χ1v) is 10.3. The van der Waals surface area contributed by atoms with E-state index < -0.39 is 0 Å². The van der Waals surface area contributed by atoms with Gasteiger partial charge < -0.3 is 5.32 Å². The van der Waals surface area contributed by atoms with Crippen molar-refractivity contribution in [1.82, 2.24) is 0 Å². The lowest BCUT2D eigenvalue weighted by Crippen LogP contribution is -1.95. The molecule has 2 aromatic rings. The minimum Gasteiger partial charge on any atom is -0.362 e. The van der Waals surface area contributed by atoms with Gasteiger partial charge in [-0.05, 0) is 85.5 Å². The third-order valence-corrected chi connectivity index (χ3v) is 6.00. The first-order valence-electron chi connectivity index (χ1n) is 8.70. The standard InChI is InChI=1S/C23H25Br2N/c1-6-8-15(3)19-9-10-23(26-7-2)20(14-19)16(4)11-18-12-21(24)17(5)22(25)13-18/h7-14,26H,2,6H2,1,3-5H3/b15-8+,16-11+. The van der Waals surface area contributed by atoms with Gasteiger partial charge in [-0.3, -0.25) is 0 Å². The summed E-state index contributed by atoms with van der Waals surface area (Å²) in [4.78, 5) is 0. The molecule has 0 aromatic heterocycles. The van der Waals surface area contributed by atoms with Crippen molar-refractivity contribution in [2.75, 3.05) is 5.32 Å². The van der Waals surface area contributed by atoms with Crippen LogP contribution in [0.3, 0.4) is 0 Å². The van der Waals surface area contributed by atoms with Gasteiger partial charge in [0.2, 0.25) is 0 Å². The molecule has 0 spiro atoms. The molecule has 0 heterocycles. The lowest BCUT2D eigenvalue weighted by molar-refractivity contribution is 1.22. The summed E-state index contributed by atoms with van der Waals surface area (Å²) < 4.78 is 2.21. The van der Waals surface area contributed by atoms with E-state index in [4.69, 9.17) is 0 Å². The number of hydrogen-bond acceptors (Lipinski definition) is 1. The summed E-state index contributed by atoms with van der Waals surface area (Å²) in [5.74, 6) is 0. The van der Waals surface area contributed by atoms with Gasteiger partial charge in [-0.1, -0.05) is 63.6 Å². The van der Waals surface area contributed by atoms with Crippen molar-refractivity contribution < 1.29 is 0 Å². The molecule has 0 aliphatic carbocycles. The molecule has 2 aromatic carbocycles. The van der Waals surface area contributed by atoms with Gasteiger partial charge in [0.05, 0.1) is 0 Å². The zero-order chi connectivity index (χ0) is 19.3. The molecule has 0 fully saturated rings. The van der Waals surface area contributed by atoms with Crippen molar-refractivity contribution in [3.8, 4) is 0 Å². The Kier molecular flexibility index (Phi) is 7.48. The van der Waals surface area contributed by atoms with E-state index in [2.05, 4.69) is 114 Å². The van der Waals surface area contributed by atoms with Crippen molar-refractivity contribution in [1.29, 1.82) is 0 Å². The number of anilines is 1.